The van der Waals surface area contributed by atoms with Gasteiger partial charge in [0.1, 0.15) is 0 Å². The molecule has 2 heterocycles. The third kappa shape index (κ3) is 6.00. The second kappa shape index (κ2) is 13.0. The van der Waals surface area contributed by atoms with Crippen molar-refractivity contribution in [3.8, 4) is 11.3 Å². The Balaban J connectivity index is 0.000000233. The number of aliphatic hydroxyl groups is 1. The molecule has 5 heteroatoms. The van der Waals surface area contributed by atoms with Crippen molar-refractivity contribution in [3.05, 3.63) is 83.8 Å². The second-order valence-corrected chi connectivity index (χ2v) is 10.7. The number of rotatable bonds is 7. The van der Waals surface area contributed by atoms with Crippen LogP contribution in [0, 0.1) is 17.9 Å². The summed E-state index contributed by atoms with van der Waals surface area (Å²) in [5.74, 6) is 0.547. The Morgan fingerprint density at radius 1 is 0.923 bits per heavy atom. The van der Waals surface area contributed by atoms with Crippen molar-refractivity contribution < 1.29 is 30.0 Å². The summed E-state index contributed by atoms with van der Waals surface area (Å²) >= 11 is 0. The molecule has 1 aliphatic carbocycles. The molecule has 0 saturated heterocycles. The number of carbonyl (C=O) groups is 1. The van der Waals surface area contributed by atoms with E-state index in [4.69, 9.17) is 4.98 Å². The van der Waals surface area contributed by atoms with Crippen molar-refractivity contribution in [3.63, 3.8) is 0 Å². The van der Waals surface area contributed by atoms with Gasteiger partial charge in [-0.05, 0) is 60.5 Å². The van der Waals surface area contributed by atoms with Gasteiger partial charge in [-0.3, -0.25) is 9.78 Å². The minimum Gasteiger partial charge on any atom is -0.512 e. The van der Waals surface area contributed by atoms with Gasteiger partial charge >= 0.3 is 0 Å². The zero-order valence-corrected chi connectivity index (χ0v) is 26.2. The molecular formula is C34H39IrN2O2-. The number of hydrogen-bond donors (Lipinski definition) is 1. The topological polar surface area (TPSA) is 63.1 Å². The van der Waals surface area contributed by atoms with E-state index in [1.165, 1.54) is 28.0 Å². The van der Waals surface area contributed by atoms with Crippen molar-refractivity contribution in [1.29, 1.82) is 0 Å². The smallest absolute Gasteiger partial charge is 0.162 e. The van der Waals surface area contributed by atoms with Crippen LogP contribution in [0.15, 0.2) is 66.6 Å². The van der Waals surface area contributed by atoms with E-state index >= 15 is 0 Å². The normalized spacial score (nSPS) is 13.6. The van der Waals surface area contributed by atoms with Crippen molar-refractivity contribution in [2.75, 3.05) is 0 Å². The molecule has 4 aromatic rings. The average Bonchev–Trinajstić information content (AvgIpc) is 2.92. The van der Waals surface area contributed by atoms with Gasteiger partial charge in [-0.1, -0.05) is 94.5 Å². The van der Waals surface area contributed by atoms with E-state index in [-0.39, 0.29) is 48.9 Å². The summed E-state index contributed by atoms with van der Waals surface area (Å²) < 4.78 is 0. The Morgan fingerprint density at radius 3 is 2.23 bits per heavy atom. The van der Waals surface area contributed by atoms with E-state index in [0.29, 0.717) is 0 Å². The second-order valence-electron chi connectivity index (χ2n) is 10.7. The Bertz CT molecular complexity index is 1480. The fourth-order valence-electron chi connectivity index (χ4n) is 5.56. The molecule has 1 radical (unpaired) electrons. The van der Waals surface area contributed by atoms with Gasteiger partial charge in [-0.25, -0.2) is 0 Å². The van der Waals surface area contributed by atoms with E-state index in [9.17, 15) is 9.90 Å². The number of allylic oxidation sites excluding steroid dienone is 2. The van der Waals surface area contributed by atoms with Crippen LogP contribution in [0.25, 0.3) is 33.1 Å². The molecule has 1 aliphatic rings. The molecular weight excluding hydrogens is 661 g/mol. The summed E-state index contributed by atoms with van der Waals surface area (Å²) in [5, 5.41) is 12.1. The summed E-state index contributed by atoms with van der Waals surface area (Å²) in [6, 6.07) is 20.3. The van der Waals surface area contributed by atoms with E-state index < -0.39 is 0 Å². The standard InChI is InChI=1S/C21H15N2.C13H24O2.Ir/c1-21(2)15-7-5-9-18-19(15)14(10-11-22-18)20-16(21)12-13-6-3-4-8-17(13)23-20;1-5-10(6-2)12(14)9-13(15)11(7-3)8-4;/h3-9,11-12H,1-2H3;9-11,14H,5-8H2,1-4H3;/q-1;;/b;12-9-;. The molecule has 207 valence electrons. The maximum absolute atomic E-state index is 11.7. The number of carbonyl (C=O) groups excluding carboxylic acids is 1. The SMILES string of the molecule is CC1(C)c2cc3ccccc3nc2-c2[c-]cnc3cccc1c23.CCC(CC)C(=O)/C=C(\O)C(CC)CC.[Ir]. The largest absolute Gasteiger partial charge is 0.512 e. The number of aliphatic hydroxyl groups excluding tert-OH is 1. The first-order valence-electron chi connectivity index (χ1n) is 13.9. The number of ketones is 1. The van der Waals surface area contributed by atoms with E-state index in [1.54, 1.807) is 6.20 Å². The predicted octanol–water partition coefficient (Wildman–Crippen LogP) is 8.76. The van der Waals surface area contributed by atoms with Crippen LogP contribution in [0.3, 0.4) is 0 Å². The van der Waals surface area contributed by atoms with Crippen LogP contribution in [0.4, 0.5) is 0 Å². The van der Waals surface area contributed by atoms with Gasteiger partial charge in [-0.15, -0.1) is 0 Å². The number of nitrogens with zero attached hydrogens (tertiary/aromatic N) is 2. The third-order valence-corrected chi connectivity index (χ3v) is 8.09. The Labute approximate surface area is 246 Å². The van der Waals surface area contributed by atoms with Gasteiger partial charge in [0.2, 0.25) is 0 Å². The Morgan fingerprint density at radius 2 is 1.56 bits per heavy atom. The molecule has 0 bridgehead atoms. The average molecular weight is 700 g/mol. The summed E-state index contributed by atoms with van der Waals surface area (Å²) in [5.41, 5.74) is 6.63. The zero-order valence-electron chi connectivity index (χ0n) is 23.8. The van der Waals surface area contributed by atoms with E-state index in [0.717, 1.165) is 48.0 Å². The molecule has 39 heavy (non-hydrogen) atoms. The molecule has 4 nitrogen and oxygen atoms in total. The molecule has 0 aliphatic heterocycles. The first-order valence-corrected chi connectivity index (χ1v) is 13.9. The minimum atomic E-state index is -0.101. The minimum absolute atomic E-state index is 0. The first-order chi connectivity index (χ1) is 18.3. The Hall–Kier alpha value is -2.88. The first kappa shape index (κ1) is 30.7. The summed E-state index contributed by atoms with van der Waals surface area (Å²) in [4.78, 5) is 21.2. The maximum Gasteiger partial charge on any atom is 0.162 e. The van der Waals surface area contributed by atoms with Crippen LogP contribution in [0.5, 0.6) is 0 Å². The number of aromatic nitrogens is 2. The molecule has 0 saturated carbocycles. The fourth-order valence-corrected chi connectivity index (χ4v) is 5.56. The van der Waals surface area contributed by atoms with Crippen molar-refractivity contribution in [1.82, 2.24) is 9.97 Å². The summed E-state index contributed by atoms with van der Waals surface area (Å²) in [6.45, 7) is 12.6. The van der Waals surface area contributed by atoms with Crippen LogP contribution < -0.4 is 0 Å². The van der Waals surface area contributed by atoms with Crippen LogP contribution in [0.2, 0.25) is 0 Å². The van der Waals surface area contributed by atoms with Crippen LogP contribution >= 0.6 is 0 Å². The Kier molecular flexibility index (Phi) is 10.2. The molecule has 1 N–H and O–H groups in total. The summed E-state index contributed by atoms with van der Waals surface area (Å²) in [7, 11) is 0. The molecule has 5 rings (SSSR count). The fraction of sp³-hybridized carbons (Fsp3) is 0.382. The molecule has 2 aromatic heterocycles. The zero-order chi connectivity index (χ0) is 27.4. The van der Waals surface area contributed by atoms with Crippen LogP contribution in [-0.4, -0.2) is 20.9 Å². The summed E-state index contributed by atoms with van der Waals surface area (Å²) in [6.07, 6.45) is 6.67. The molecule has 2 aromatic carbocycles. The number of para-hydroxylation sites is 1. The van der Waals surface area contributed by atoms with Crippen LogP contribution in [-0.2, 0) is 30.3 Å². The van der Waals surface area contributed by atoms with E-state index in [2.05, 4.69) is 67.4 Å². The number of hydrogen-bond acceptors (Lipinski definition) is 4. The van der Waals surface area contributed by atoms with E-state index in [1.807, 2.05) is 33.8 Å². The molecule has 0 amide bonds. The van der Waals surface area contributed by atoms with Crippen molar-refractivity contribution >= 4 is 27.6 Å². The predicted molar refractivity (Wildman–Crippen MR) is 157 cm³/mol. The molecule has 0 fully saturated rings. The number of pyridine rings is 2. The van der Waals surface area contributed by atoms with Gasteiger partial charge in [0.05, 0.1) is 11.3 Å². The molecule has 0 spiro atoms. The van der Waals surface area contributed by atoms with Gasteiger partial charge in [0, 0.05) is 43.5 Å². The van der Waals surface area contributed by atoms with Gasteiger partial charge < -0.3 is 10.1 Å². The third-order valence-electron chi connectivity index (χ3n) is 8.09. The van der Waals surface area contributed by atoms with Gasteiger partial charge in [0.15, 0.2) is 5.78 Å². The van der Waals surface area contributed by atoms with Crippen molar-refractivity contribution in [2.24, 2.45) is 11.8 Å². The monoisotopic (exact) mass is 700 g/mol. The molecule has 0 atom stereocenters. The van der Waals surface area contributed by atoms with Crippen molar-refractivity contribution in [2.45, 2.75) is 72.6 Å². The van der Waals surface area contributed by atoms with Gasteiger partial charge in [0.25, 0.3) is 0 Å². The maximum atomic E-state index is 11.7. The molecule has 0 unspecified atom stereocenters. The van der Waals surface area contributed by atoms with Gasteiger partial charge in [-0.2, -0.15) is 11.6 Å². The number of benzene rings is 2. The van der Waals surface area contributed by atoms with Crippen LogP contribution in [0.1, 0.15) is 78.4 Å². The number of fused-ring (bicyclic) bond motifs is 3. The quantitative estimate of drug-likeness (QED) is 0.119.